The van der Waals surface area contributed by atoms with Gasteiger partial charge in [-0.25, -0.2) is 0 Å². The number of amides is 2. The summed E-state index contributed by atoms with van der Waals surface area (Å²) in [6.45, 7) is 3.78. The third-order valence-corrected chi connectivity index (χ3v) is 3.70. The number of aryl methyl sites for hydroxylation is 1. The van der Waals surface area contributed by atoms with E-state index in [9.17, 15) is 9.59 Å². The number of nitrogens with one attached hydrogen (secondary N) is 1. The second-order valence-corrected chi connectivity index (χ2v) is 5.49. The minimum atomic E-state index is -0.150. The number of carbonyl (C=O) groups is 2. The largest absolute Gasteiger partial charge is 0.497 e. The zero-order valence-electron chi connectivity index (χ0n) is 14.2. The Labute approximate surface area is 142 Å². The third-order valence-electron chi connectivity index (χ3n) is 3.70. The molecule has 0 radical (unpaired) electrons. The molecule has 24 heavy (non-hydrogen) atoms. The second kappa shape index (κ2) is 8.15. The number of methoxy groups -OCH3 is 1. The first-order chi connectivity index (χ1) is 11.5. The number of carbonyl (C=O) groups excluding carboxylic acids is 2. The summed E-state index contributed by atoms with van der Waals surface area (Å²) in [5.41, 5.74) is 2.50. The molecule has 0 aliphatic carbocycles. The smallest absolute Gasteiger partial charge is 0.226 e. The van der Waals surface area contributed by atoms with Gasteiger partial charge < -0.3 is 15.0 Å². The highest BCUT2D eigenvalue weighted by atomic mass is 16.5. The SMILES string of the molecule is COc1cccc(NC(=O)CCN(C(C)=O)c2ccccc2C)c1. The van der Waals surface area contributed by atoms with Crippen LogP contribution in [0.3, 0.4) is 0 Å². The van der Waals surface area contributed by atoms with E-state index in [4.69, 9.17) is 4.74 Å². The number of rotatable bonds is 6. The summed E-state index contributed by atoms with van der Waals surface area (Å²) < 4.78 is 5.13. The molecule has 0 heterocycles. The summed E-state index contributed by atoms with van der Waals surface area (Å²) in [6, 6.07) is 14.8. The molecule has 126 valence electrons. The number of hydrogen-bond donors (Lipinski definition) is 1. The number of anilines is 2. The van der Waals surface area contributed by atoms with E-state index < -0.39 is 0 Å². The molecule has 0 saturated heterocycles. The van der Waals surface area contributed by atoms with Gasteiger partial charge in [-0.2, -0.15) is 0 Å². The normalized spacial score (nSPS) is 10.1. The lowest BCUT2D eigenvalue weighted by Gasteiger charge is -2.22. The highest BCUT2D eigenvalue weighted by molar-refractivity contribution is 5.95. The summed E-state index contributed by atoms with van der Waals surface area (Å²) in [7, 11) is 1.58. The maximum Gasteiger partial charge on any atom is 0.226 e. The first-order valence-electron chi connectivity index (χ1n) is 7.79. The Bertz CT molecular complexity index is 728. The number of hydrogen-bond acceptors (Lipinski definition) is 3. The van der Waals surface area contributed by atoms with E-state index in [1.54, 1.807) is 24.1 Å². The summed E-state index contributed by atoms with van der Waals surface area (Å²) in [5.74, 6) is 0.444. The average Bonchev–Trinajstić information content (AvgIpc) is 2.56. The predicted molar refractivity (Wildman–Crippen MR) is 95.4 cm³/mol. The number of benzene rings is 2. The van der Waals surface area contributed by atoms with Crippen LogP contribution in [-0.2, 0) is 9.59 Å². The van der Waals surface area contributed by atoms with Crippen LogP contribution in [-0.4, -0.2) is 25.5 Å². The first kappa shape index (κ1) is 17.5. The number of para-hydroxylation sites is 1. The molecule has 0 fully saturated rings. The molecule has 5 nitrogen and oxygen atoms in total. The molecule has 0 bridgehead atoms. The van der Waals surface area contributed by atoms with Crippen LogP contribution >= 0.6 is 0 Å². The lowest BCUT2D eigenvalue weighted by atomic mass is 10.1. The van der Waals surface area contributed by atoms with Gasteiger partial charge in [0.25, 0.3) is 0 Å². The van der Waals surface area contributed by atoms with Gasteiger partial charge in [0, 0.05) is 37.3 Å². The van der Waals surface area contributed by atoms with Crippen molar-refractivity contribution >= 4 is 23.2 Å². The van der Waals surface area contributed by atoms with Crippen molar-refractivity contribution in [1.82, 2.24) is 0 Å². The minimum absolute atomic E-state index is 0.0847. The van der Waals surface area contributed by atoms with Crippen LogP contribution in [0.25, 0.3) is 0 Å². The third kappa shape index (κ3) is 4.59. The van der Waals surface area contributed by atoms with Crippen molar-refractivity contribution < 1.29 is 14.3 Å². The lowest BCUT2D eigenvalue weighted by molar-refractivity contribution is -0.117. The van der Waals surface area contributed by atoms with Gasteiger partial charge in [-0.3, -0.25) is 9.59 Å². The van der Waals surface area contributed by atoms with Crippen LogP contribution < -0.4 is 15.0 Å². The highest BCUT2D eigenvalue weighted by Gasteiger charge is 2.15. The maximum atomic E-state index is 12.2. The fourth-order valence-electron chi connectivity index (χ4n) is 2.45. The highest BCUT2D eigenvalue weighted by Crippen LogP contribution is 2.20. The van der Waals surface area contributed by atoms with Crippen molar-refractivity contribution in [2.45, 2.75) is 20.3 Å². The van der Waals surface area contributed by atoms with Gasteiger partial charge in [0.05, 0.1) is 7.11 Å². The molecule has 0 atom stereocenters. The fraction of sp³-hybridized carbons (Fsp3) is 0.263. The standard InChI is InChI=1S/C19H22N2O3/c1-14-7-4-5-10-18(14)21(15(2)22)12-11-19(23)20-16-8-6-9-17(13-16)24-3/h4-10,13H,11-12H2,1-3H3,(H,20,23). The molecule has 5 heteroatoms. The minimum Gasteiger partial charge on any atom is -0.497 e. The molecule has 0 aromatic heterocycles. The Hall–Kier alpha value is -2.82. The molecule has 0 spiro atoms. The summed E-state index contributed by atoms with van der Waals surface area (Å²) >= 11 is 0. The molecule has 1 N–H and O–H groups in total. The summed E-state index contributed by atoms with van der Waals surface area (Å²) in [6.07, 6.45) is 0.213. The fourth-order valence-corrected chi connectivity index (χ4v) is 2.45. The van der Waals surface area contributed by atoms with E-state index in [1.807, 2.05) is 43.3 Å². The molecule has 0 saturated carbocycles. The van der Waals surface area contributed by atoms with Gasteiger partial charge in [0.2, 0.25) is 11.8 Å². The second-order valence-electron chi connectivity index (χ2n) is 5.49. The first-order valence-corrected chi connectivity index (χ1v) is 7.79. The van der Waals surface area contributed by atoms with Crippen LogP contribution in [0.2, 0.25) is 0 Å². The number of nitrogens with zero attached hydrogens (tertiary/aromatic N) is 1. The monoisotopic (exact) mass is 326 g/mol. The molecular formula is C19H22N2O3. The van der Waals surface area contributed by atoms with E-state index in [0.717, 1.165) is 11.3 Å². The summed E-state index contributed by atoms with van der Waals surface area (Å²) in [4.78, 5) is 25.7. The van der Waals surface area contributed by atoms with E-state index in [-0.39, 0.29) is 18.2 Å². The van der Waals surface area contributed by atoms with E-state index in [1.165, 1.54) is 6.92 Å². The van der Waals surface area contributed by atoms with E-state index in [0.29, 0.717) is 18.0 Å². The van der Waals surface area contributed by atoms with Crippen molar-refractivity contribution in [1.29, 1.82) is 0 Å². The van der Waals surface area contributed by atoms with Gasteiger partial charge in [-0.15, -0.1) is 0 Å². The summed E-state index contributed by atoms with van der Waals surface area (Å²) in [5, 5.41) is 2.82. The Kier molecular flexibility index (Phi) is 5.95. The van der Waals surface area contributed by atoms with Gasteiger partial charge in [-0.1, -0.05) is 24.3 Å². The topological polar surface area (TPSA) is 58.6 Å². The van der Waals surface area contributed by atoms with Crippen LogP contribution in [0.5, 0.6) is 5.75 Å². The molecule has 2 rings (SSSR count). The molecule has 2 aromatic carbocycles. The van der Waals surface area contributed by atoms with Gasteiger partial charge in [0.15, 0.2) is 0 Å². The van der Waals surface area contributed by atoms with Crippen molar-refractivity contribution in [3.05, 3.63) is 54.1 Å². The van der Waals surface area contributed by atoms with E-state index >= 15 is 0 Å². The quantitative estimate of drug-likeness (QED) is 0.885. The molecule has 2 amide bonds. The van der Waals surface area contributed by atoms with Crippen molar-refractivity contribution in [3.63, 3.8) is 0 Å². The molecular weight excluding hydrogens is 304 g/mol. The number of ether oxygens (including phenoxy) is 1. The van der Waals surface area contributed by atoms with Crippen LogP contribution in [0.1, 0.15) is 18.9 Å². The lowest BCUT2D eigenvalue weighted by Crippen LogP contribution is -2.32. The van der Waals surface area contributed by atoms with Crippen molar-refractivity contribution in [2.75, 3.05) is 23.9 Å². The Morgan fingerprint density at radius 2 is 1.88 bits per heavy atom. The zero-order chi connectivity index (χ0) is 17.5. The van der Waals surface area contributed by atoms with Gasteiger partial charge >= 0.3 is 0 Å². The van der Waals surface area contributed by atoms with Crippen molar-refractivity contribution in [3.8, 4) is 5.75 Å². The van der Waals surface area contributed by atoms with E-state index in [2.05, 4.69) is 5.32 Å². The molecule has 0 aliphatic heterocycles. The van der Waals surface area contributed by atoms with Crippen LogP contribution in [0.15, 0.2) is 48.5 Å². The Balaban J connectivity index is 2.00. The Morgan fingerprint density at radius 1 is 1.12 bits per heavy atom. The van der Waals surface area contributed by atoms with Crippen LogP contribution in [0, 0.1) is 6.92 Å². The predicted octanol–water partition coefficient (Wildman–Crippen LogP) is 3.39. The van der Waals surface area contributed by atoms with Crippen molar-refractivity contribution in [2.24, 2.45) is 0 Å². The zero-order valence-corrected chi connectivity index (χ0v) is 14.2. The average molecular weight is 326 g/mol. The van der Waals surface area contributed by atoms with Crippen LogP contribution in [0.4, 0.5) is 11.4 Å². The maximum absolute atomic E-state index is 12.2. The molecule has 0 aliphatic rings. The van der Waals surface area contributed by atoms with Gasteiger partial charge in [0.1, 0.15) is 5.75 Å². The molecule has 2 aromatic rings. The molecule has 0 unspecified atom stereocenters. The Morgan fingerprint density at radius 3 is 2.54 bits per heavy atom. The van der Waals surface area contributed by atoms with Gasteiger partial charge in [-0.05, 0) is 30.7 Å².